The third-order valence-electron chi connectivity index (χ3n) is 5.34. The minimum atomic E-state index is -0.396. The summed E-state index contributed by atoms with van der Waals surface area (Å²) in [4.78, 5) is 12.0. The van der Waals surface area contributed by atoms with Gasteiger partial charge in [-0.3, -0.25) is 4.79 Å². The van der Waals surface area contributed by atoms with E-state index in [-0.39, 0.29) is 0 Å². The van der Waals surface area contributed by atoms with Crippen LogP contribution in [0.15, 0.2) is 84.9 Å². The van der Waals surface area contributed by atoms with Crippen molar-refractivity contribution in [3.8, 4) is 22.4 Å². The predicted octanol–water partition coefficient (Wildman–Crippen LogP) is 5.59. The van der Waals surface area contributed by atoms with Crippen LogP contribution in [0.3, 0.4) is 0 Å². The van der Waals surface area contributed by atoms with Crippen molar-refractivity contribution < 1.29 is 4.79 Å². The molecule has 3 aromatic carbocycles. The lowest BCUT2D eigenvalue weighted by atomic mass is 10.0. The van der Waals surface area contributed by atoms with Gasteiger partial charge in [0.2, 0.25) is 0 Å². The first-order valence-corrected chi connectivity index (χ1v) is 9.74. The van der Waals surface area contributed by atoms with Crippen molar-refractivity contribution in [2.45, 2.75) is 20.4 Å². The fourth-order valence-electron chi connectivity index (χ4n) is 3.79. The van der Waals surface area contributed by atoms with Gasteiger partial charge in [-0.25, -0.2) is 0 Å². The summed E-state index contributed by atoms with van der Waals surface area (Å²) < 4.78 is 2.17. The largest absolute Gasteiger partial charge is 0.366 e. The minimum Gasteiger partial charge on any atom is -0.366 e. The number of nitrogens with zero attached hydrogens (tertiary/aromatic N) is 1. The van der Waals surface area contributed by atoms with Gasteiger partial charge in [-0.1, -0.05) is 84.4 Å². The van der Waals surface area contributed by atoms with Crippen LogP contribution < -0.4 is 5.73 Å². The average molecular weight is 380 g/mol. The zero-order chi connectivity index (χ0) is 20.4. The summed E-state index contributed by atoms with van der Waals surface area (Å²) in [6.45, 7) is 4.73. The maximum Gasteiger partial charge on any atom is 0.250 e. The van der Waals surface area contributed by atoms with Crippen LogP contribution in [-0.2, 0) is 6.54 Å². The molecule has 0 aliphatic carbocycles. The Morgan fingerprint density at radius 1 is 0.793 bits per heavy atom. The van der Waals surface area contributed by atoms with Crippen molar-refractivity contribution >= 4 is 5.91 Å². The molecule has 0 bridgehead atoms. The van der Waals surface area contributed by atoms with Gasteiger partial charge in [-0.2, -0.15) is 0 Å². The molecular weight excluding hydrogens is 356 g/mol. The Balaban J connectivity index is 1.76. The van der Waals surface area contributed by atoms with E-state index in [1.165, 1.54) is 16.7 Å². The highest BCUT2D eigenvalue weighted by molar-refractivity contribution is 5.95. The Kier molecular flexibility index (Phi) is 5.05. The molecule has 4 aromatic rings. The van der Waals surface area contributed by atoms with E-state index in [2.05, 4.69) is 72.2 Å². The number of benzene rings is 3. The second-order valence-electron chi connectivity index (χ2n) is 7.41. The number of nitrogens with two attached hydrogens (primary N) is 1. The van der Waals surface area contributed by atoms with Gasteiger partial charge < -0.3 is 10.3 Å². The van der Waals surface area contributed by atoms with Crippen LogP contribution in [0.2, 0.25) is 0 Å². The number of hydrogen-bond donors (Lipinski definition) is 1. The number of hydrogen-bond acceptors (Lipinski definition) is 1. The highest BCUT2D eigenvalue weighted by Gasteiger charge is 2.17. The van der Waals surface area contributed by atoms with E-state index in [0.717, 1.165) is 22.5 Å². The van der Waals surface area contributed by atoms with Crippen molar-refractivity contribution in [2.75, 3.05) is 0 Å². The van der Waals surface area contributed by atoms with E-state index >= 15 is 0 Å². The monoisotopic (exact) mass is 380 g/mol. The molecule has 29 heavy (non-hydrogen) atoms. The van der Waals surface area contributed by atoms with Crippen LogP contribution >= 0.6 is 0 Å². The van der Waals surface area contributed by atoms with E-state index in [1.807, 2.05) is 31.2 Å². The van der Waals surface area contributed by atoms with Crippen LogP contribution in [0.25, 0.3) is 22.4 Å². The Labute approximate surface area is 171 Å². The third kappa shape index (κ3) is 3.85. The highest BCUT2D eigenvalue weighted by Crippen LogP contribution is 2.29. The molecule has 2 N–H and O–H groups in total. The van der Waals surface area contributed by atoms with Crippen LogP contribution in [0.4, 0.5) is 0 Å². The molecular formula is C26H24N2O. The van der Waals surface area contributed by atoms with Crippen molar-refractivity contribution in [2.24, 2.45) is 5.73 Å². The standard InChI is InChI=1S/C26H24N2O/c1-18-7-6-8-20(15-18)17-28-19(2)24(26(27)29)16-25(28)23-13-11-22(12-14-23)21-9-4-3-5-10-21/h3-16H,17H2,1-2H3,(H2,27,29). The molecule has 1 heterocycles. The lowest BCUT2D eigenvalue weighted by Gasteiger charge is -2.13. The third-order valence-corrected chi connectivity index (χ3v) is 5.34. The van der Waals surface area contributed by atoms with E-state index < -0.39 is 5.91 Å². The Bertz CT molecular complexity index is 1160. The van der Waals surface area contributed by atoms with E-state index in [4.69, 9.17) is 5.73 Å². The molecule has 144 valence electrons. The molecule has 4 rings (SSSR count). The van der Waals surface area contributed by atoms with E-state index in [9.17, 15) is 4.79 Å². The molecule has 0 atom stereocenters. The Morgan fingerprint density at radius 3 is 2.10 bits per heavy atom. The number of amides is 1. The summed E-state index contributed by atoms with van der Waals surface area (Å²) in [5.74, 6) is -0.396. The zero-order valence-electron chi connectivity index (χ0n) is 16.7. The predicted molar refractivity (Wildman–Crippen MR) is 119 cm³/mol. The van der Waals surface area contributed by atoms with Gasteiger partial charge in [0.1, 0.15) is 0 Å². The first-order valence-electron chi connectivity index (χ1n) is 9.74. The lowest BCUT2D eigenvalue weighted by Crippen LogP contribution is -2.12. The number of carbonyl (C=O) groups excluding carboxylic acids is 1. The van der Waals surface area contributed by atoms with Crippen molar-refractivity contribution in [3.05, 3.63) is 107 Å². The normalized spacial score (nSPS) is 10.8. The first-order chi connectivity index (χ1) is 14.0. The fraction of sp³-hybridized carbons (Fsp3) is 0.115. The summed E-state index contributed by atoms with van der Waals surface area (Å²) in [6.07, 6.45) is 0. The van der Waals surface area contributed by atoms with Crippen LogP contribution in [0, 0.1) is 13.8 Å². The quantitative estimate of drug-likeness (QED) is 0.482. The fourth-order valence-corrected chi connectivity index (χ4v) is 3.79. The number of carbonyl (C=O) groups is 1. The molecule has 0 saturated carbocycles. The van der Waals surface area contributed by atoms with Crippen molar-refractivity contribution in [1.29, 1.82) is 0 Å². The van der Waals surface area contributed by atoms with Gasteiger partial charge in [0.05, 0.1) is 5.56 Å². The minimum absolute atomic E-state index is 0.396. The zero-order valence-corrected chi connectivity index (χ0v) is 16.7. The average Bonchev–Trinajstić information content (AvgIpc) is 3.05. The maximum atomic E-state index is 12.0. The second-order valence-corrected chi connectivity index (χ2v) is 7.41. The second kappa shape index (κ2) is 7.80. The number of aromatic nitrogens is 1. The summed E-state index contributed by atoms with van der Waals surface area (Å²) in [5, 5.41) is 0. The SMILES string of the molecule is Cc1cccc(Cn2c(-c3ccc(-c4ccccc4)cc3)cc(C(N)=O)c2C)c1. The van der Waals surface area contributed by atoms with Crippen LogP contribution in [0.1, 0.15) is 27.2 Å². The van der Waals surface area contributed by atoms with Crippen molar-refractivity contribution in [3.63, 3.8) is 0 Å². The van der Waals surface area contributed by atoms with Gasteiger partial charge in [0.25, 0.3) is 5.91 Å². The Morgan fingerprint density at radius 2 is 1.45 bits per heavy atom. The van der Waals surface area contributed by atoms with E-state index in [1.54, 1.807) is 0 Å². The molecule has 0 radical (unpaired) electrons. The number of primary amides is 1. The lowest BCUT2D eigenvalue weighted by molar-refractivity contribution is 0.0999. The molecule has 0 aliphatic rings. The van der Waals surface area contributed by atoms with Gasteiger partial charge in [-0.05, 0) is 42.2 Å². The van der Waals surface area contributed by atoms with Crippen LogP contribution in [-0.4, -0.2) is 10.5 Å². The molecule has 0 fully saturated rings. The smallest absolute Gasteiger partial charge is 0.250 e. The van der Waals surface area contributed by atoms with Crippen LogP contribution in [0.5, 0.6) is 0 Å². The van der Waals surface area contributed by atoms with E-state index in [0.29, 0.717) is 12.1 Å². The molecule has 0 spiro atoms. The first kappa shape index (κ1) is 18.8. The maximum absolute atomic E-state index is 12.0. The molecule has 3 nitrogen and oxygen atoms in total. The van der Waals surface area contributed by atoms with Gasteiger partial charge in [-0.15, -0.1) is 0 Å². The van der Waals surface area contributed by atoms with Gasteiger partial charge >= 0.3 is 0 Å². The number of rotatable bonds is 5. The molecule has 1 aromatic heterocycles. The topological polar surface area (TPSA) is 48.0 Å². The van der Waals surface area contributed by atoms with Gasteiger partial charge in [0, 0.05) is 17.9 Å². The summed E-state index contributed by atoms with van der Waals surface area (Å²) >= 11 is 0. The highest BCUT2D eigenvalue weighted by atomic mass is 16.1. The summed E-state index contributed by atoms with van der Waals surface area (Å²) in [7, 11) is 0. The Hall–Kier alpha value is -3.59. The molecule has 0 saturated heterocycles. The molecule has 1 amide bonds. The summed E-state index contributed by atoms with van der Waals surface area (Å²) in [5.41, 5.74) is 13.9. The van der Waals surface area contributed by atoms with Gasteiger partial charge in [0.15, 0.2) is 0 Å². The number of aryl methyl sites for hydroxylation is 1. The molecule has 0 aliphatic heterocycles. The van der Waals surface area contributed by atoms with Crippen molar-refractivity contribution in [1.82, 2.24) is 4.57 Å². The molecule has 0 unspecified atom stereocenters. The summed E-state index contributed by atoms with van der Waals surface area (Å²) in [6, 6.07) is 29.1. The molecule has 3 heteroatoms.